The second kappa shape index (κ2) is 11.1. The lowest BCUT2D eigenvalue weighted by atomic mass is 10.1. The van der Waals surface area contributed by atoms with Crippen molar-refractivity contribution in [3.8, 4) is 11.5 Å². The van der Waals surface area contributed by atoms with Gasteiger partial charge in [0.2, 0.25) is 0 Å². The molecule has 0 unspecified atom stereocenters. The molecule has 0 aliphatic carbocycles. The van der Waals surface area contributed by atoms with Crippen molar-refractivity contribution in [2.75, 3.05) is 6.61 Å². The van der Waals surface area contributed by atoms with Crippen LogP contribution < -0.4 is 14.9 Å². The van der Waals surface area contributed by atoms with Gasteiger partial charge in [0.15, 0.2) is 17.3 Å². The summed E-state index contributed by atoms with van der Waals surface area (Å²) in [5.41, 5.74) is 4.85. The largest absolute Gasteiger partial charge is 0.490 e. The maximum atomic E-state index is 12.5. The van der Waals surface area contributed by atoms with Crippen molar-refractivity contribution in [2.24, 2.45) is 5.10 Å². The highest BCUT2D eigenvalue weighted by Crippen LogP contribution is 2.37. The molecule has 0 atom stereocenters. The number of furan rings is 1. The summed E-state index contributed by atoms with van der Waals surface area (Å²) < 4.78 is 18.3. The standard InChI is InChI=1S/C29H22BrClN2O4/c1-2-35-26-13-18(16-32-33-29(34)27-15-21-14-22(31)10-11-25(21)37-27)12-24(30)28(26)36-17-20-8-5-7-19-6-3-4-9-23(19)20/h3-16H,2,17H2,1H3,(H,33,34)/b32-16+. The van der Waals surface area contributed by atoms with E-state index in [9.17, 15) is 4.79 Å². The van der Waals surface area contributed by atoms with Crippen LogP contribution in [-0.4, -0.2) is 18.7 Å². The lowest BCUT2D eigenvalue weighted by Crippen LogP contribution is -2.16. The summed E-state index contributed by atoms with van der Waals surface area (Å²) >= 11 is 9.60. The number of nitrogens with one attached hydrogen (secondary N) is 1. The quantitative estimate of drug-likeness (QED) is 0.151. The van der Waals surface area contributed by atoms with Crippen LogP contribution in [0.15, 0.2) is 92.9 Å². The van der Waals surface area contributed by atoms with E-state index in [1.54, 1.807) is 24.3 Å². The molecule has 0 fully saturated rings. The molecule has 1 aromatic heterocycles. The zero-order valence-electron chi connectivity index (χ0n) is 19.8. The lowest BCUT2D eigenvalue weighted by Gasteiger charge is -2.15. The van der Waals surface area contributed by atoms with Crippen LogP contribution in [0.2, 0.25) is 5.02 Å². The Morgan fingerprint density at radius 1 is 1.03 bits per heavy atom. The van der Waals surface area contributed by atoms with E-state index >= 15 is 0 Å². The summed E-state index contributed by atoms with van der Waals surface area (Å²) in [5, 5.41) is 7.69. The fourth-order valence-corrected chi connectivity index (χ4v) is 4.74. The van der Waals surface area contributed by atoms with Gasteiger partial charge in [0.25, 0.3) is 0 Å². The first kappa shape index (κ1) is 24.9. The smallest absolute Gasteiger partial charge is 0.307 e. The first-order chi connectivity index (χ1) is 18.0. The number of hydrogen-bond donors (Lipinski definition) is 1. The summed E-state index contributed by atoms with van der Waals surface area (Å²) in [6.07, 6.45) is 1.53. The van der Waals surface area contributed by atoms with Gasteiger partial charge >= 0.3 is 5.91 Å². The summed E-state index contributed by atoms with van der Waals surface area (Å²) in [5.74, 6) is 0.835. The second-order valence-electron chi connectivity index (χ2n) is 8.18. The topological polar surface area (TPSA) is 73.1 Å². The highest BCUT2D eigenvalue weighted by Gasteiger charge is 2.14. The van der Waals surface area contributed by atoms with E-state index in [4.69, 9.17) is 25.5 Å². The Kier molecular flexibility index (Phi) is 7.44. The Hall–Kier alpha value is -3.81. The molecule has 0 aliphatic heterocycles. The molecule has 0 saturated heterocycles. The van der Waals surface area contributed by atoms with E-state index in [1.165, 1.54) is 6.21 Å². The number of carbonyl (C=O) groups is 1. The maximum absolute atomic E-state index is 12.5. The molecule has 1 amide bonds. The number of nitrogens with zero attached hydrogens (tertiary/aromatic N) is 1. The molecule has 8 heteroatoms. The van der Waals surface area contributed by atoms with Crippen molar-refractivity contribution in [2.45, 2.75) is 13.5 Å². The maximum Gasteiger partial charge on any atom is 0.307 e. The van der Waals surface area contributed by atoms with Gasteiger partial charge in [-0.15, -0.1) is 0 Å². The molecule has 37 heavy (non-hydrogen) atoms. The van der Waals surface area contributed by atoms with Gasteiger partial charge < -0.3 is 13.9 Å². The number of ether oxygens (including phenoxy) is 2. The van der Waals surface area contributed by atoms with E-state index in [1.807, 2.05) is 37.3 Å². The van der Waals surface area contributed by atoms with Crippen LogP contribution in [0.4, 0.5) is 0 Å². The molecule has 0 saturated carbocycles. The number of hydrazone groups is 1. The third kappa shape index (κ3) is 5.63. The van der Waals surface area contributed by atoms with Gasteiger partial charge in [0.1, 0.15) is 12.2 Å². The van der Waals surface area contributed by atoms with E-state index in [0.29, 0.717) is 45.4 Å². The number of halogens is 2. The number of rotatable bonds is 8. The Morgan fingerprint density at radius 2 is 1.86 bits per heavy atom. The zero-order valence-corrected chi connectivity index (χ0v) is 22.2. The summed E-state index contributed by atoms with van der Waals surface area (Å²) in [6, 6.07) is 24.8. The zero-order chi connectivity index (χ0) is 25.8. The Labute approximate surface area is 227 Å². The molecule has 5 rings (SSSR count). The van der Waals surface area contributed by atoms with Gasteiger partial charge in [-0.2, -0.15) is 5.10 Å². The average molecular weight is 578 g/mol. The first-order valence-electron chi connectivity index (χ1n) is 11.6. The molecule has 6 nitrogen and oxygen atoms in total. The van der Waals surface area contributed by atoms with Crippen molar-refractivity contribution in [3.63, 3.8) is 0 Å². The molecular formula is C29H22BrClN2O4. The van der Waals surface area contributed by atoms with Crippen LogP contribution in [0.25, 0.3) is 21.7 Å². The van der Waals surface area contributed by atoms with Crippen molar-refractivity contribution < 1.29 is 18.7 Å². The van der Waals surface area contributed by atoms with Gasteiger partial charge in [-0.1, -0.05) is 54.1 Å². The fraction of sp³-hybridized carbons (Fsp3) is 0.103. The Balaban J connectivity index is 1.31. The summed E-state index contributed by atoms with van der Waals surface area (Å²) in [7, 11) is 0. The van der Waals surface area contributed by atoms with Crippen LogP contribution in [-0.2, 0) is 6.61 Å². The molecular weight excluding hydrogens is 556 g/mol. The van der Waals surface area contributed by atoms with Gasteiger partial charge in [-0.3, -0.25) is 4.79 Å². The average Bonchev–Trinajstić information content (AvgIpc) is 3.32. The predicted molar refractivity (Wildman–Crippen MR) is 150 cm³/mol. The Bertz CT molecular complexity index is 1620. The SMILES string of the molecule is CCOc1cc(/C=N/NC(=O)c2cc3cc(Cl)ccc3o2)cc(Br)c1OCc1cccc2ccccc12. The number of carbonyl (C=O) groups excluding carboxylic acids is 1. The molecule has 0 aliphatic rings. The lowest BCUT2D eigenvalue weighted by molar-refractivity contribution is 0.0929. The molecule has 0 spiro atoms. The fourth-order valence-electron chi connectivity index (χ4n) is 3.98. The molecule has 5 aromatic rings. The third-order valence-electron chi connectivity index (χ3n) is 5.67. The normalized spacial score (nSPS) is 11.3. The highest BCUT2D eigenvalue weighted by atomic mass is 79.9. The monoisotopic (exact) mass is 576 g/mol. The van der Waals surface area contributed by atoms with Crippen LogP contribution in [0.5, 0.6) is 11.5 Å². The number of benzene rings is 4. The second-order valence-corrected chi connectivity index (χ2v) is 9.47. The van der Waals surface area contributed by atoms with Gasteiger partial charge in [-0.05, 0) is 81.2 Å². The minimum atomic E-state index is -0.470. The van der Waals surface area contributed by atoms with E-state index in [2.05, 4.69) is 50.7 Å². The minimum absolute atomic E-state index is 0.141. The molecule has 4 aromatic carbocycles. The Morgan fingerprint density at radius 3 is 2.73 bits per heavy atom. The van der Waals surface area contributed by atoms with Crippen molar-refractivity contribution in [3.05, 3.63) is 105 Å². The summed E-state index contributed by atoms with van der Waals surface area (Å²) in [6.45, 7) is 2.75. The highest BCUT2D eigenvalue weighted by molar-refractivity contribution is 9.10. The molecule has 0 bridgehead atoms. The van der Waals surface area contributed by atoms with Gasteiger partial charge in [0, 0.05) is 10.4 Å². The van der Waals surface area contributed by atoms with Crippen LogP contribution in [0.3, 0.4) is 0 Å². The molecule has 186 valence electrons. The van der Waals surface area contributed by atoms with Crippen molar-refractivity contribution in [1.82, 2.24) is 5.43 Å². The number of hydrogen-bond acceptors (Lipinski definition) is 5. The van der Waals surface area contributed by atoms with Crippen LogP contribution in [0, 0.1) is 0 Å². The van der Waals surface area contributed by atoms with Gasteiger partial charge in [-0.25, -0.2) is 5.43 Å². The van der Waals surface area contributed by atoms with Crippen molar-refractivity contribution in [1.29, 1.82) is 0 Å². The molecule has 0 radical (unpaired) electrons. The molecule has 1 heterocycles. The van der Waals surface area contributed by atoms with E-state index in [-0.39, 0.29) is 5.76 Å². The van der Waals surface area contributed by atoms with E-state index < -0.39 is 5.91 Å². The van der Waals surface area contributed by atoms with Crippen LogP contribution in [0.1, 0.15) is 28.6 Å². The summed E-state index contributed by atoms with van der Waals surface area (Å²) in [4.78, 5) is 12.5. The third-order valence-corrected chi connectivity index (χ3v) is 6.49. The molecule has 1 N–H and O–H groups in total. The van der Waals surface area contributed by atoms with Crippen LogP contribution >= 0.6 is 27.5 Å². The first-order valence-corrected chi connectivity index (χ1v) is 12.8. The number of fused-ring (bicyclic) bond motifs is 2. The number of amides is 1. The van der Waals surface area contributed by atoms with E-state index in [0.717, 1.165) is 21.7 Å². The van der Waals surface area contributed by atoms with Crippen molar-refractivity contribution >= 4 is 61.4 Å². The van der Waals surface area contributed by atoms with Gasteiger partial charge in [0.05, 0.1) is 17.3 Å². The minimum Gasteiger partial charge on any atom is -0.490 e. The predicted octanol–water partition coefficient (Wildman–Crippen LogP) is 7.74.